The zero-order chi connectivity index (χ0) is 42.7. The van der Waals surface area contributed by atoms with Crippen molar-refractivity contribution >= 4 is 33.2 Å². The van der Waals surface area contributed by atoms with Crippen LogP contribution in [-0.2, 0) is 0 Å². The summed E-state index contributed by atoms with van der Waals surface area (Å²) < 4.78 is 0. The Labute approximate surface area is 371 Å². The van der Waals surface area contributed by atoms with Crippen molar-refractivity contribution in [2.24, 2.45) is 0 Å². The Morgan fingerprint density at radius 3 is 0.672 bits per heavy atom. The van der Waals surface area contributed by atoms with Crippen LogP contribution >= 0.6 is 0 Å². The van der Waals surface area contributed by atoms with Gasteiger partial charge in [0.25, 0.3) is 0 Å². The molecule has 2 aromatic heterocycles. The third-order valence-electron chi connectivity index (χ3n) is 11.9. The standard InChI is InChI=1S/C60H40N4/c1-5-17-41(18-6-1)45-25-13-29-49(37-45)53(50-30-14-26-46(38-50)42-19-7-2-8-20-42)55-57-59(63-35-33-61-57)56(60-58(55)62-34-36-64-60)54(51-31-15-27-47(39-51)43-21-9-3-10-22-43)52-32-16-28-48(40-52)44-23-11-4-12-24-44/h1-40H. The fourth-order valence-electron chi connectivity index (χ4n) is 8.96. The molecular formula is C60H40N4. The van der Waals surface area contributed by atoms with Crippen molar-refractivity contribution < 1.29 is 0 Å². The second kappa shape index (κ2) is 17.0. The lowest BCUT2D eigenvalue weighted by atomic mass is 9.88. The van der Waals surface area contributed by atoms with Gasteiger partial charge in [0.2, 0.25) is 0 Å². The van der Waals surface area contributed by atoms with E-state index in [0.717, 1.165) is 110 Å². The molecule has 0 aliphatic carbocycles. The fourth-order valence-corrected chi connectivity index (χ4v) is 8.96. The van der Waals surface area contributed by atoms with Crippen molar-refractivity contribution in [3.63, 3.8) is 0 Å². The molecule has 4 nitrogen and oxygen atoms in total. The molecule has 0 fully saturated rings. The Kier molecular flexibility index (Phi) is 10.2. The Morgan fingerprint density at radius 1 is 0.219 bits per heavy atom. The smallest absolute Gasteiger partial charge is 0.0995 e. The van der Waals surface area contributed by atoms with Crippen LogP contribution in [0.25, 0.3) is 77.7 Å². The molecule has 64 heavy (non-hydrogen) atoms. The SMILES string of the molecule is c1ccc(-c2cccc(C(c3cccc(-c4ccccc4)c3)=c3c4nccnc4c(=C(c4cccc(-c5ccccc5)c4)c4cccc(-c5ccccc5)c4)c4nccnc34)c2)cc1. The molecule has 0 saturated heterocycles. The number of rotatable bonds is 8. The Bertz CT molecular complexity index is 3120. The van der Waals surface area contributed by atoms with Crippen LogP contribution in [-0.4, -0.2) is 19.9 Å². The topological polar surface area (TPSA) is 51.6 Å². The van der Waals surface area contributed by atoms with Crippen LogP contribution < -0.4 is 10.4 Å². The normalized spacial score (nSPS) is 11.1. The Hall–Kier alpha value is -8.60. The van der Waals surface area contributed by atoms with Gasteiger partial charge in [-0.25, -0.2) is 0 Å². The molecule has 0 aliphatic rings. The molecule has 300 valence electrons. The highest BCUT2D eigenvalue weighted by molar-refractivity contribution is 6.02. The summed E-state index contributed by atoms with van der Waals surface area (Å²) >= 11 is 0. The maximum Gasteiger partial charge on any atom is 0.0995 e. The molecule has 0 saturated carbocycles. The number of aromatic nitrogens is 4. The zero-order valence-electron chi connectivity index (χ0n) is 34.9. The lowest BCUT2D eigenvalue weighted by Gasteiger charge is -2.17. The molecule has 2 heterocycles. The Balaban J connectivity index is 1.31. The maximum absolute atomic E-state index is 5.26. The van der Waals surface area contributed by atoms with Crippen LogP contribution in [0.1, 0.15) is 22.3 Å². The van der Waals surface area contributed by atoms with E-state index >= 15 is 0 Å². The maximum atomic E-state index is 5.26. The van der Waals surface area contributed by atoms with Gasteiger partial charge in [0.15, 0.2) is 0 Å². The molecule has 0 aliphatic heterocycles. The van der Waals surface area contributed by atoms with E-state index in [4.69, 9.17) is 19.9 Å². The number of hydrogen-bond acceptors (Lipinski definition) is 4. The summed E-state index contributed by atoms with van der Waals surface area (Å²) in [5, 5.41) is 1.75. The monoisotopic (exact) mass is 816 g/mol. The number of benzene rings is 9. The highest BCUT2D eigenvalue weighted by atomic mass is 14.8. The van der Waals surface area contributed by atoms with Gasteiger partial charge in [-0.1, -0.05) is 194 Å². The molecular weight excluding hydrogens is 777 g/mol. The zero-order valence-corrected chi connectivity index (χ0v) is 34.9. The van der Waals surface area contributed by atoms with Crippen LogP contribution in [0.2, 0.25) is 0 Å². The Morgan fingerprint density at radius 2 is 0.438 bits per heavy atom. The minimum atomic E-state index is 0.742. The lowest BCUT2D eigenvalue weighted by Crippen LogP contribution is -2.24. The number of hydrogen-bond donors (Lipinski definition) is 0. The molecule has 0 N–H and O–H groups in total. The number of fused-ring (bicyclic) bond motifs is 2. The van der Waals surface area contributed by atoms with E-state index in [0.29, 0.717) is 0 Å². The van der Waals surface area contributed by atoms with Crippen LogP contribution in [0, 0.1) is 0 Å². The highest BCUT2D eigenvalue weighted by Gasteiger charge is 2.21. The molecule has 0 radical (unpaired) electrons. The molecule has 9 aromatic carbocycles. The van der Waals surface area contributed by atoms with Crippen LogP contribution in [0.4, 0.5) is 0 Å². The highest BCUT2D eigenvalue weighted by Crippen LogP contribution is 2.33. The minimum Gasteiger partial charge on any atom is -0.252 e. The summed E-state index contributed by atoms with van der Waals surface area (Å²) in [5.41, 5.74) is 18.1. The summed E-state index contributed by atoms with van der Waals surface area (Å²) in [7, 11) is 0. The molecule has 0 bridgehead atoms. The van der Waals surface area contributed by atoms with Gasteiger partial charge in [0, 0.05) is 46.4 Å². The first-order valence-corrected chi connectivity index (χ1v) is 21.5. The van der Waals surface area contributed by atoms with Crippen molar-refractivity contribution in [3.8, 4) is 44.5 Å². The van der Waals surface area contributed by atoms with Crippen molar-refractivity contribution in [2.45, 2.75) is 0 Å². The summed E-state index contributed by atoms with van der Waals surface area (Å²) in [6, 6.07) is 77.2. The van der Waals surface area contributed by atoms with Gasteiger partial charge in [-0.2, -0.15) is 0 Å². The van der Waals surface area contributed by atoms with Gasteiger partial charge in [0.1, 0.15) is 0 Å². The first-order chi connectivity index (χ1) is 31.8. The summed E-state index contributed by atoms with van der Waals surface area (Å²) in [6.45, 7) is 0. The number of nitrogens with zero attached hydrogens (tertiary/aromatic N) is 4. The molecule has 0 unspecified atom stereocenters. The lowest BCUT2D eigenvalue weighted by molar-refractivity contribution is 1.24. The second-order valence-corrected chi connectivity index (χ2v) is 15.8. The van der Waals surface area contributed by atoms with E-state index in [-0.39, 0.29) is 0 Å². The van der Waals surface area contributed by atoms with E-state index in [9.17, 15) is 0 Å². The fraction of sp³-hybridized carbons (Fsp3) is 0. The average Bonchev–Trinajstić information content (AvgIpc) is 3.38. The van der Waals surface area contributed by atoms with E-state index in [1.807, 2.05) is 0 Å². The van der Waals surface area contributed by atoms with Crippen molar-refractivity contribution in [1.29, 1.82) is 0 Å². The molecule has 0 atom stereocenters. The van der Waals surface area contributed by atoms with E-state index < -0.39 is 0 Å². The second-order valence-electron chi connectivity index (χ2n) is 15.8. The first kappa shape index (κ1) is 38.3. The third-order valence-corrected chi connectivity index (χ3v) is 11.9. The largest absolute Gasteiger partial charge is 0.252 e. The molecule has 11 aromatic rings. The minimum absolute atomic E-state index is 0.742. The predicted molar refractivity (Wildman–Crippen MR) is 263 cm³/mol. The molecule has 11 rings (SSSR count). The average molecular weight is 817 g/mol. The van der Waals surface area contributed by atoms with E-state index in [1.54, 1.807) is 24.8 Å². The van der Waals surface area contributed by atoms with Gasteiger partial charge < -0.3 is 0 Å². The predicted octanol–water partition coefficient (Wildman–Crippen LogP) is 12.7. The van der Waals surface area contributed by atoms with Crippen molar-refractivity contribution in [2.75, 3.05) is 0 Å². The van der Waals surface area contributed by atoms with Crippen LogP contribution in [0.15, 0.2) is 243 Å². The molecule has 4 heteroatoms. The van der Waals surface area contributed by atoms with Gasteiger partial charge in [-0.3, -0.25) is 19.9 Å². The van der Waals surface area contributed by atoms with Crippen molar-refractivity contribution in [3.05, 3.63) is 276 Å². The molecule has 0 spiro atoms. The van der Waals surface area contributed by atoms with Gasteiger partial charge >= 0.3 is 0 Å². The van der Waals surface area contributed by atoms with Crippen molar-refractivity contribution in [1.82, 2.24) is 19.9 Å². The molecule has 0 amide bonds. The quantitative estimate of drug-likeness (QED) is 0.143. The van der Waals surface area contributed by atoms with Crippen LogP contribution in [0.3, 0.4) is 0 Å². The van der Waals surface area contributed by atoms with E-state index in [2.05, 4.69) is 218 Å². The summed E-state index contributed by atoms with van der Waals surface area (Å²) in [6.07, 6.45) is 7.17. The van der Waals surface area contributed by atoms with E-state index in [1.165, 1.54) is 0 Å². The first-order valence-electron chi connectivity index (χ1n) is 21.5. The summed E-state index contributed by atoms with van der Waals surface area (Å²) in [4.78, 5) is 21.0. The summed E-state index contributed by atoms with van der Waals surface area (Å²) in [5.74, 6) is 0. The van der Waals surface area contributed by atoms with Crippen LogP contribution in [0.5, 0.6) is 0 Å². The third kappa shape index (κ3) is 7.33. The van der Waals surface area contributed by atoms with Gasteiger partial charge in [-0.05, 0) is 91.0 Å². The van der Waals surface area contributed by atoms with Gasteiger partial charge in [-0.15, -0.1) is 0 Å². The van der Waals surface area contributed by atoms with Gasteiger partial charge in [0.05, 0.1) is 22.1 Å².